The highest BCUT2D eigenvalue weighted by atomic mass is 32.2. The van der Waals surface area contributed by atoms with Gasteiger partial charge in [0.1, 0.15) is 12.6 Å². The van der Waals surface area contributed by atoms with Gasteiger partial charge in [0.05, 0.1) is 11.9 Å². The number of carbonyl (C=O) groups excluding carboxylic acids is 2. The van der Waals surface area contributed by atoms with Gasteiger partial charge in [-0.25, -0.2) is 8.42 Å². The third kappa shape index (κ3) is 6.31. The molecule has 0 saturated heterocycles. The number of fused-ring (bicyclic) bond motifs is 1. The Bertz CT molecular complexity index is 1380. The molecular formula is C29H35N3O4S. The molecule has 1 saturated carbocycles. The average Bonchev–Trinajstić information content (AvgIpc) is 3.38. The monoisotopic (exact) mass is 521 g/mol. The predicted molar refractivity (Wildman–Crippen MR) is 148 cm³/mol. The van der Waals surface area contributed by atoms with Gasteiger partial charge >= 0.3 is 0 Å². The number of hydrogen-bond donors (Lipinski definition) is 1. The van der Waals surface area contributed by atoms with Crippen LogP contribution in [0.3, 0.4) is 0 Å². The van der Waals surface area contributed by atoms with Gasteiger partial charge in [-0.05, 0) is 49.3 Å². The molecule has 0 heterocycles. The minimum atomic E-state index is -3.80. The van der Waals surface area contributed by atoms with Crippen molar-refractivity contribution < 1.29 is 18.0 Å². The van der Waals surface area contributed by atoms with Crippen molar-refractivity contribution in [2.45, 2.75) is 58.2 Å². The Hall–Kier alpha value is -3.39. The van der Waals surface area contributed by atoms with Crippen LogP contribution in [0.1, 0.15) is 43.7 Å². The van der Waals surface area contributed by atoms with Crippen molar-refractivity contribution in [3.05, 3.63) is 77.9 Å². The number of nitrogens with one attached hydrogen (secondary N) is 1. The van der Waals surface area contributed by atoms with Crippen LogP contribution in [0.2, 0.25) is 0 Å². The van der Waals surface area contributed by atoms with Gasteiger partial charge in [0.25, 0.3) is 0 Å². The maximum atomic E-state index is 13.8. The molecule has 3 aromatic rings. The second-order valence-corrected chi connectivity index (χ2v) is 11.8. The van der Waals surface area contributed by atoms with Crippen LogP contribution in [0.25, 0.3) is 10.8 Å². The van der Waals surface area contributed by atoms with Gasteiger partial charge in [-0.2, -0.15) is 0 Å². The summed E-state index contributed by atoms with van der Waals surface area (Å²) in [6.07, 6.45) is 5.14. The molecule has 0 aromatic heterocycles. The van der Waals surface area contributed by atoms with Crippen molar-refractivity contribution in [2.24, 2.45) is 0 Å². The maximum absolute atomic E-state index is 13.8. The molecule has 196 valence electrons. The third-order valence-corrected chi connectivity index (χ3v) is 8.31. The standard InChI is InChI=1S/C29H35N3O4S/c1-21-11-4-5-13-24(21)19-31(22(2)29(34)30-25-15-7-8-16-25)28(33)20-32(37(3,35)36)27-18-10-14-23-12-6-9-17-26(23)27/h4-6,9-14,17-18,22,25H,7-8,15-16,19-20H2,1-3H3,(H,30,34)/t22-/m0/s1. The number of benzene rings is 3. The second kappa shape index (κ2) is 11.3. The Morgan fingerprint density at radius 1 is 0.973 bits per heavy atom. The van der Waals surface area contributed by atoms with Crippen molar-refractivity contribution >= 4 is 38.3 Å². The highest BCUT2D eigenvalue weighted by Crippen LogP contribution is 2.29. The van der Waals surface area contributed by atoms with Gasteiger partial charge in [0, 0.05) is 18.0 Å². The molecule has 0 spiro atoms. The number of rotatable bonds is 9. The molecule has 1 fully saturated rings. The summed E-state index contributed by atoms with van der Waals surface area (Å²) in [7, 11) is -3.80. The SMILES string of the molecule is Cc1ccccc1CN(C(=O)CN(c1cccc2ccccc12)S(C)(=O)=O)[C@@H](C)C(=O)NC1CCCC1. The molecule has 0 radical (unpaired) electrons. The van der Waals surface area contributed by atoms with Crippen LogP contribution in [0.4, 0.5) is 5.69 Å². The molecule has 3 aromatic carbocycles. The van der Waals surface area contributed by atoms with E-state index in [2.05, 4.69) is 5.32 Å². The summed E-state index contributed by atoms with van der Waals surface area (Å²) in [5.74, 6) is -0.652. The molecule has 0 unspecified atom stereocenters. The van der Waals surface area contributed by atoms with Crippen LogP contribution in [-0.4, -0.2) is 50.0 Å². The van der Waals surface area contributed by atoms with Crippen LogP contribution in [-0.2, 0) is 26.2 Å². The summed E-state index contributed by atoms with van der Waals surface area (Å²) < 4.78 is 27.1. The Morgan fingerprint density at radius 3 is 2.32 bits per heavy atom. The first kappa shape index (κ1) is 26.7. The summed E-state index contributed by atoms with van der Waals surface area (Å²) in [4.78, 5) is 28.6. The van der Waals surface area contributed by atoms with Gasteiger partial charge in [-0.3, -0.25) is 13.9 Å². The Balaban J connectivity index is 1.66. The fourth-order valence-corrected chi connectivity index (χ4v) is 5.83. The smallest absolute Gasteiger partial charge is 0.244 e. The molecular weight excluding hydrogens is 486 g/mol. The molecule has 0 aliphatic heterocycles. The second-order valence-electron chi connectivity index (χ2n) is 9.88. The number of amides is 2. The fourth-order valence-electron chi connectivity index (χ4n) is 4.97. The number of carbonyl (C=O) groups is 2. The minimum Gasteiger partial charge on any atom is -0.352 e. The van der Waals surface area contributed by atoms with Crippen molar-refractivity contribution in [2.75, 3.05) is 17.1 Å². The molecule has 1 aliphatic carbocycles. The number of aryl methyl sites for hydroxylation is 1. The van der Waals surface area contributed by atoms with E-state index in [9.17, 15) is 18.0 Å². The quantitative estimate of drug-likeness (QED) is 0.453. The summed E-state index contributed by atoms with van der Waals surface area (Å²) in [5.41, 5.74) is 2.35. The van der Waals surface area contributed by atoms with Gasteiger partial charge in [-0.1, -0.05) is 73.5 Å². The van der Waals surface area contributed by atoms with E-state index >= 15 is 0 Å². The van der Waals surface area contributed by atoms with Gasteiger partial charge in [0.15, 0.2) is 0 Å². The molecule has 0 bridgehead atoms. The lowest BCUT2D eigenvalue weighted by Crippen LogP contribution is -2.52. The van der Waals surface area contributed by atoms with E-state index in [0.29, 0.717) is 5.69 Å². The van der Waals surface area contributed by atoms with Gasteiger partial charge in [-0.15, -0.1) is 0 Å². The molecule has 8 heteroatoms. The van der Waals surface area contributed by atoms with Gasteiger partial charge in [0.2, 0.25) is 21.8 Å². The zero-order valence-electron chi connectivity index (χ0n) is 21.7. The van der Waals surface area contributed by atoms with E-state index in [1.807, 2.05) is 61.5 Å². The Morgan fingerprint density at radius 2 is 1.62 bits per heavy atom. The van der Waals surface area contributed by atoms with E-state index < -0.39 is 28.5 Å². The van der Waals surface area contributed by atoms with E-state index in [1.165, 1.54) is 4.90 Å². The van der Waals surface area contributed by atoms with Crippen molar-refractivity contribution in [3.63, 3.8) is 0 Å². The highest BCUT2D eigenvalue weighted by molar-refractivity contribution is 7.92. The van der Waals surface area contributed by atoms with Crippen molar-refractivity contribution in [1.29, 1.82) is 0 Å². The lowest BCUT2D eigenvalue weighted by Gasteiger charge is -2.32. The number of nitrogens with zero attached hydrogens (tertiary/aromatic N) is 2. The third-order valence-electron chi connectivity index (χ3n) is 7.19. The topological polar surface area (TPSA) is 86.8 Å². The fraction of sp³-hybridized carbons (Fsp3) is 0.379. The zero-order chi connectivity index (χ0) is 26.6. The van der Waals surface area contributed by atoms with Crippen LogP contribution in [0.15, 0.2) is 66.7 Å². The average molecular weight is 522 g/mol. The van der Waals surface area contributed by atoms with Crippen LogP contribution < -0.4 is 9.62 Å². The number of sulfonamides is 1. The Labute approximate surface area is 219 Å². The molecule has 7 nitrogen and oxygen atoms in total. The first-order valence-corrected chi connectivity index (χ1v) is 14.6. The van der Waals surface area contributed by atoms with Gasteiger partial charge < -0.3 is 10.2 Å². The first-order valence-electron chi connectivity index (χ1n) is 12.7. The molecule has 1 atom stereocenters. The largest absolute Gasteiger partial charge is 0.352 e. The lowest BCUT2D eigenvalue weighted by molar-refractivity contribution is -0.139. The lowest BCUT2D eigenvalue weighted by atomic mass is 10.1. The van der Waals surface area contributed by atoms with E-state index in [1.54, 1.807) is 19.1 Å². The van der Waals surface area contributed by atoms with Crippen LogP contribution >= 0.6 is 0 Å². The Kier molecular flexibility index (Phi) is 8.17. The molecule has 4 rings (SSSR count). The maximum Gasteiger partial charge on any atom is 0.244 e. The van der Waals surface area contributed by atoms with Crippen molar-refractivity contribution in [1.82, 2.24) is 10.2 Å². The summed E-state index contributed by atoms with van der Waals surface area (Å²) in [6.45, 7) is 3.47. The summed E-state index contributed by atoms with van der Waals surface area (Å²) >= 11 is 0. The van der Waals surface area contributed by atoms with Crippen molar-refractivity contribution in [3.8, 4) is 0 Å². The highest BCUT2D eigenvalue weighted by Gasteiger charge is 2.32. The molecule has 1 aliphatic rings. The zero-order valence-corrected chi connectivity index (χ0v) is 22.5. The first-order chi connectivity index (χ1) is 17.6. The number of hydrogen-bond acceptors (Lipinski definition) is 4. The summed E-state index contributed by atoms with van der Waals surface area (Å²) in [5, 5.41) is 4.70. The van der Waals surface area contributed by atoms with E-state index in [-0.39, 0.29) is 18.5 Å². The molecule has 2 amide bonds. The molecule has 1 N–H and O–H groups in total. The normalized spacial score (nSPS) is 14.9. The van der Waals surface area contributed by atoms with Crippen LogP contribution in [0, 0.1) is 6.92 Å². The minimum absolute atomic E-state index is 0.119. The van der Waals surface area contributed by atoms with Crippen LogP contribution in [0.5, 0.6) is 0 Å². The van der Waals surface area contributed by atoms with E-state index in [0.717, 1.165) is 58.1 Å². The van der Waals surface area contributed by atoms with E-state index in [4.69, 9.17) is 0 Å². The predicted octanol–water partition coefficient (Wildman–Crippen LogP) is 4.39. The summed E-state index contributed by atoms with van der Waals surface area (Å²) in [6, 6.07) is 19.9. The molecule has 37 heavy (non-hydrogen) atoms. The number of anilines is 1.